The molecular formula is C6H6BO3S. The lowest BCUT2D eigenvalue weighted by molar-refractivity contribution is 0.483. The van der Waals surface area contributed by atoms with Crippen molar-refractivity contribution in [2.45, 2.75) is 4.90 Å². The second kappa shape index (κ2) is 3.55. The zero-order valence-corrected chi connectivity index (χ0v) is 6.45. The number of hydrogen-bond acceptors (Lipinski definition) is 2. The number of hydrogen-bond donors (Lipinski definition) is 1. The van der Waals surface area contributed by atoms with E-state index in [-0.39, 0.29) is 13.3 Å². The first-order valence-electron chi connectivity index (χ1n) is 2.63. The van der Waals surface area contributed by atoms with Crippen LogP contribution >= 0.6 is 0 Å². The van der Waals surface area contributed by atoms with Crippen LogP contribution in [0, 0.1) is 0 Å². The molecule has 0 aliphatic rings. The Morgan fingerprint density at radius 2 is 1.55 bits per heavy atom. The highest BCUT2D eigenvalue weighted by atomic mass is 32.2. The Hall–Kier alpha value is -0.805. The van der Waals surface area contributed by atoms with Crippen LogP contribution in [0.2, 0.25) is 0 Å². The van der Waals surface area contributed by atoms with Gasteiger partial charge in [0.2, 0.25) is 0 Å². The molecule has 0 heterocycles. The zero-order chi connectivity index (χ0) is 7.61. The third-order valence-corrected chi connectivity index (χ3v) is 1.91. The predicted octanol–water partition coefficient (Wildman–Crippen LogP) is 0.553. The lowest BCUT2D eigenvalue weighted by Crippen LogP contribution is -1.96. The summed E-state index contributed by atoms with van der Waals surface area (Å²) in [5.41, 5.74) is 0. The summed E-state index contributed by atoms with van der Waals surface area (Å²) in [7, 11) is -4.00. The monoisotopic (exact) mass is 169 g/mol. The Bertz CT molecular complexity index is 306. The van der Waals surface area contributed by atoms with Gasteiger partial charge in [-0.1, -0.05) is 18.2 Å². The molecular weight excluding hydrogens is 163 g/mol. The highest BCUT2D eigenvalue weighted by Crippen LogP contribution is 2.05. The molecule has 0 aliphatic carbocycles. The van der Waals surface area contributed by atoms with Crippen molar-refractivity contribution in [3.8, 4) is 0 Å². The summed E-state index contributed by atoms with van der Waals surface area (Å²) in [6.45, 7) is 0. The molecule has 0 atom stereocenters. The van der Waals surface area contributed by atoms with Crippen molar-refractivity contribution in [2.24, 2.45) is 0 Å². The molecule has 0 bridgehead atoms. The summed E-state index contributed by atoms with van der Waals surface area (Å²) in [5, 5.41) is 0. The fraction of sp³-hybridized carbons (Fsp3) is 0. The van der Waals surface area contributed by atoms with Crippen molar-refractivity contribution in [1.29, 1.82) is 0 Å². The minimum absolute atomic E-state index is 0. The molecule has 1 rings (SSSR count). The first kappa shape index (κ1) is 10.2. The molecule has 57 valence electrons. The third-order valence-electron chi connectivity index (χ3n) is 1.04. The summed E-state index contributed by atoms with van der Waals surface area (Å²) in [6, 6.07) is 7.42. The Kier molecular flexibility index (Phi) is 3.29. The smallest absolute Gasteiger partial charge is 0.282 e. The van der Waals surface area contributed by atoms with Gasteiger partial charge in [-0.05, 0) is 12.1 Å². The molecule has 0 unspecified atom stereocenters. The van der Waals surface area contributed by atoms with Crippen LogP contribution in [0.5, 0.6) is 0 Å². The SMILES string of the molecule is O=S(=O)(O)c1ccccc1.[B]. The van der Waals surface area contributed by atoms with Crippen LogP contribution in [0.1, 0.15) is 0 Å². The maximum atomic E-state index is 10.4. The summed E-state index contributed by atoms with van der Waals surface area (Å²) >= 11 is 0. The first-order valence-corrected chi connectivity index (χ1v) is 4.07. The molecule has 1 aromatic rings. The van der Waals surface area contributed by atoms with Crippen LogP contribution in [-0.4, -0.2) is 21.4 Å². The van der Waals surface area contributed by atoms with Gasteiger partial charge in [0.05, 0.1) is 4.90 Å². The average Bonchev–Trinajstić information content (AvgIpc) is 1.88. The Labute approximate surface area is 67.4 Å². The average molecular weight is 169 g/mol. The summed E-state index contributed by atoms with van der Waals surface area (Å²) < 4.78 is 29.2. The van der Waals surface area contributed by atoms with Crippen LogP contribution < -0.4 is 0 Å². The van der Waals surface area contributed by atoms with E-state index in [1.54, 1.807) is 18.2 Å². The largest absolute Gasteiger partial charge is 0.294 e. The van der Waals surface area contributed by atoms with Gasteiger partial charge >= 0.3 is 0 Å². The van der Waals surface area contributed by atoms with Gasteiger partial charge in [0.25, 0.3) is 10.1 Å². The minimum atomic E-state index is -4.00. The summed E-state index contributed by atoms with van der Waals surface area (Å²) in [4.78, 5) is -0.0741. The quantitative estimate of drug-likeness (QED) is 0.493. The highest BCUT2D eigenvalue weighted by Gasteiger charge is 2.05. The molecule has 0 amide bonds. The van der Waals surface area contributed by atoms with Crippen molar-refractivity contribution < 1.29 is 13.0 Å². The van der Waals surface area contributed by atoms with E-state index in [1.165, 1.54) is 12.1 Å². The zero-order valence-electron chi connectivity index (χ0n) is 5.64. The van der Waals surface area contributed by atoms with E-state index >= 15 is 0 Å². The van der Waals surface area contributed by atoms with Gasteiger partial charge in [0, 0.05) is 8.41 Å². The molecule has 0 aromatic heterocycles. The van der Waals surface area contributed by atoms with Gasteiger partial charge in [-0.2, -0.15) is 8.42 Å². The normalized spacial score (nSPS) is 10.3. The van der Waals surface area contributed by atoms with Crippen molar-refractivity contribution >= 4 is 18.5 Å². The van der Waals surface area contributed by atoms with Crippen molar-refractivity contribution in [3.05, 3.63) is 30.3 Å². The van der Waals surface area contributed by atoms with Gasteiger partial charge < -0.3 is 0 Å². The van der Waals surface area contributed by atoms with E-state index in [2.05, 4.69) is 0 Å². The predicted molar refractivity (Wildman–Crippen MR) is 42.0 cm³/mol. The lowest BCUT2D eigenvalue weighted by atomic mass is 10.4. The van der Waals surface area contributed by atoms with Crippen molar-refractivity contribution in [1.82, 2.24) is 0 Å². The van der Waals surface area contributed by atoms with E-state index < -0.39 is 10.1 Å². The van der Waals surface area contributed by atoms with Crippen LogP contribution in [0.3, 0.4) is 0 Å². The third kappa shape index (κ3) is 2.73. The van der Waals surface area contributed by atoms with E-state index in [9.17, 15) is 8.42 Å². The molecule has 11 heavy (non-hydrogen) atoms. The lowest BCUT2D eigenvalue weighted by Gasteiger charge is -1.92. The van der Waals surface area contributed by atoms with Gasteiger partial charge in [-0.15, -0.1) is 0 Å². The molecule has 3 radical (unpaired) electrons. The summed E-state index contributed by atoms with van der Waals surface area (Å²) in [5.74, 6) is 0. The fourth-order valence-corrected chi connectivity index (χ4v) is 1.09. The maximum absolute atomic E-state index is 10.4. The van der Waals surface area contributed by atoms with E-state index in [1.807, 2.05) is 0 Å². The molecule has 0 fully saturated rings. The van der Waals surface area contributed by atoms with E-state index in [0.29, 0.717) is 0 Å². The van der Waals surface area contributed by atoms with Crippen molar-refractivity contribution in [3.63, 3.8) is 0 Å². The highest BCUT2D eigenvalue weighted by molar-refractivity contribution is 7.85. The Morgan fingerprint density at radius 3 is 1.82 bits per heavy atom. The molecule has 0 saturated heterocycles. The molecule has 1 N–H and O–H groups in total. The minimum Gasteiger partial charge on any atom is -0.282 e. The van der Waals surface area contributed by atoms with Crippen molar-refractivity contribution in [2.75, 3.05) is 0 Å². The number of rotatable bonds is 1. The molecule has 5 heteroatoms. The van der Waals surface area contributed by atoms with Crippen LogP contribution in [-0.2, 0) is 10.1 Å². The van der Waals surface area contributed by atoms with Gasteiger partial charge in [-0.25, -0.2) is 0 Å². The molecule has 0 aliphatic heterocycles. The standard InChI is InChI=1S/C6H6O3S.B/c7-10(8,9)6-4-2-1-3-5-6;/h1-5H,(H,7,8,9);. The van der Waals surface area contributed by atoms with Crippen LogP contribution in [0.15, 0.2) is 35.2 Å². The summed E-state index contributed by atoms with van der Waals surface area (Å²) in [6.07, 6.45) is 0. The van der Waals surface area contributed by atoms with E-state index in [4.69, 9.17) is 4.55 Å². The van der Waals surface area contributed by atoms with E-state index in [0.717, 1.165) is 0 Å². The topological polar surface area (TPSA) is 54.4 Å². The second-order valence-electron chi connectivity index (χ2n) is 1.79. The first-order chi connectivity index (χ1) is 4.61. The number of benzene rings is 1. The van der Waals surface area contributed by atoms with Crippen LogP contribution in [0.4, 0.5) is 0 Å². The maximum Gasteiger partial charge on any atom is 0.294 e. The molecule has 1 aromatic carbocycles. The molecule has 3 nitrogen and oxygen atoms in total. The Balaban J connectivity index is 0.000001000. The fourth-order valence-electron chi connectivity index (χ4n) is 0.592. The van der Waals surface area contributed by atoms with Crippen LogP contribution in [0.25, 0.3) is 0 Å². The Morgan fingerprint density at radius 1 is 1.09 bits per heavy atom. The molecule has 0 saturated carbocycles. The van der Waals surface area contributed by atoms with Gasteiger partial charge in [0.1, 0.15) is 0 Å². The van der Waals surface area contributed by atoms with Gasteiger partial charge in [-0.3, -0.25) is 4.55 Å². The van der Waals surface area contributed by atoms with Gasteiger partial charge in [0.15, 0.2) is 0 Å². The second-order valence-corrected chi connectivity index (χ2v) is 3.21. The molecule has 0 spiro atoms.